The van der Waals surface area contributed by atoms with Gasteiger partial charge >= 0.3 is 0 Å². The molecule has 0 fully saturated rings. The van der Waals surface area contributed by atoms with Gasteiger partial charge in [-0.3, -0.25) is 14.6 Å². The normalized spacial score (nSPS) is 8.81. The molecule has 0 bridgehead atoms. The van der Waals surface area contributed by atoms with E-state index < -0.39 is 5.97 Å². The van der Waals surface area contributed by atoms with Crippen LogP contribution in [0.4, 0.5) is 0 Å². The van der Waals surface area contributed by atoms with Crippen molar-refractivity contribution in [1.82, 2.24) is 15.0 Å². The molecular weight excluding hydrogens is 270 g/mol. The number of hydrogen-bond acceptors (Lipinski definition) is 4. The van der Waals surface area contributed by atoms with Crippen molar-refractivity contribution >= 4 is 17.0 Å². The summed E-state index contributed by atoms with van der Waals surface area (Å²) < 4.78 is 0. The molecule has 0 saturated carbocycles. The number of aliphatic carboxylic acids is 1. The Balaban J connectivity index is 0.000000187. The van der Waals surface area contributed by atoms with Crippen molar-refractivity contribution in [3.63, 3.8) is 0 Å². The summed E-state index contributed by atoms with van der Waals surface area (Å²) in [6.07, 6.45) is 4.78. The second-order valence-corrected chi connectivity index (χ2v) is 3.81. The summed E-state index contributed by atoms with van der Waals surface area (Å²) in [6.45, 7) is 1.08. The number of rotatable bonds is 0. The molecule has 0 aliphatic carbocycles. The topological polar surface area (TPSA) is 95.9 Å². The first-order valence-electron chi connectivity index (χ1n) is 6.08. The highest BCUT2D eigenvalue weighted by atomic mass is 16.4. The SMILES string of the molecule is CC(=O)O.O=c1cnc2ccccc2[nH]1.c1ccncc1. The van der Waals surface area contributed by atoms with Crippen LogP contribution in [0.2, 0.25) is 0 Å². The quantitative estimate of drug-likeness (QED) is 0.659. The number of aromatic nitrogens is 3. The molecule has 0 spiro atoms. The molecule has 1 aromatic carbocycles. The van der Waals surface area contributed by atoms with E-state index in [1.807, 2.05) is 42.5 Å². The van der Waals surface area contributed by atoms with Gasteiger partial charge in [0, 0.05) is 19.3 Å². The summed E-state index contributed by atoms with van der Waals surface area (Å²) in [4.78, 5) is 30.2. The van der Waals surface area contributed by atoms with Gasteiger partial charge in [-0.25, -0.2) is 4.98 Å². The lowest BCUT2D eigenvalue weighted by Gasteiger charge is -1.92. The Labute approximate surface area is 121 Å². The van der Waals surface area contributed by atoms with Crippen LogP contribution in [-0.4, -0.2) is 26.0 Å². The zero-order valence-corrected chi connectivity index (χ0v) is 11.4. The van der Waals surface area contributed by atoms with Crippen molar-refractivity contribution in [3.05, 3.63) is 71.4 Å². The van der Waals surface area contributed by atoms with E-state index in [9.17, 15) is 4.79 Å². The standard InChI is InChI=1S/C8H6N2O.C5H5N.C2H4O2/c11-8-5-9-6-3-1-2-4-7(6)10-8;1-2-4-6-5-3-1;1-2(3)4/h1-5H,(H,10,11);1-5H;1H3,(H,3,4). The first-order valence-corrected chi connectivity index (χ1v) is 6.08. The van der Waals surface area contributed by atoms with Crippen LogP contribution in [0.5, 0.6) is 0 Å². The van der Waals surface area contributed by atoms with Gasteiger partial charge in [0.05, 0.1) is 17.2 Å². The van der Waals surface area contributed by atoms with Crippen molar-refractivity contribution in [2.75, 3.05) is 0 Å². The molecule has 0 saturated heterocycles. The van der Waals surface area contributed by atoms with E-state index in [0.29, 0.717) is 0 Å². The fourth-order valence-corrected chi connectivity index (χ4v) is 1.30. The van der Waals surface area contributed by atoms with E-state index >= 15 is 0 Å². The second kappa shape index (κ2) is 8.98. The van der Waals surface area contributed by atoms with Crippen molar-refractivity contribution in [1.29, 1.82) is 0 Å². The number of hydrogen-bond donors (Lipinski definition) is 2. The van der Waals surface area contributed by atoms with Crippen LogP contribution in [0.1, 0.15) is 6.92 Å². The molecule has 108 valence electrons. The van der Waals surface area contributed by atoms with Gasteiger partial charge in [-0.1, -0.05) is 18.2 Å². The summed E-state index contributed by atoms with van der Waals surface area (Å²) in [5, 5.41) is 7.42. The van der Waals surface area contributed by atoms with Crippen LogP contribution in [0.3, 0.4) is 0 Å². The second-order valence-electron chi connectivity index (χ2n) is 3.81. The first kappa shape index (κ1) is 16.0. The van der Waals surface area contributed by atoms with Crippen molar-refractivity contribution in [2.24, 2.45) is 0 Å². The third-order valence-corrected chi connectivity index (χ3v) is 2.05. The van der Waals surface area contributed by atoms with Gasteiger partial charge < -0.3 is 10.1 Å². The maximum Gasteiger partial charge on any atom is 0.300 e. The number of aromatic amines is 1. The lowest BCUT2D eigenvalue weighted by molar-refractivity contribution is -0.134. The van der Waals surface area contributed by atoms with Gasteiger partial charge in [0.2, 0.25) is 0 Å². The van der Waals surface area contributed by atoms with Crippen LogP contribution < -0.4 is 5.56 Å². The lowest BCUT2D eigenvalue weighted by Crippen LogP contribution is -2.04. The number of pyridine rings is 1. The van der Waals surface area contributed by atoms with Crippen molar-refractivity contribution < 1.29 is 9.90 Å². The molecule has 2 heterocycles. The predicted molar refractivity (Wildman–Crippen MR) is 79.9 cm³/mol. The molecule has 0 aliphatic heterocycles. The summed E-state index contributed by atoms with van der Waals surface area (Å²) in [5.74, 6) is -0.833. The molecule has 0 radical (unpaired) electrons. The maximum absolute atomic E-state index is 10.8. The van der Waals surface area contributed by atoms with E-state index in [-0.39, 0.29) is 5.56 Å². The van der Waals surface area contributed by atoms with Crippen molar-refractivity contribution in [2.45, 2.75) is 6.92 Å². The molecule has 6 nitrogen and oxygen atoms in total. The minimum absolute atomic E-state index is 0.163. The zero-order chi connectivity index (χ0) is 15.5. The highest BCUT2D eigenvalue weighted by molar-refractivity contribution is 5.72. The maximum atomic E-state index is 10.8. The first-order chi connectivity index (χ1) is 10.1. The van der Waals surface area contributed by atoms with Gasteiger partial charge in [0.25, 0.3) is 11.5 Å². The summed E-state index contributed by atoms with van der Waals surface area (Å²) >= 11 is 0. The van der Waals surface area contributed by atoms with Gasteiger partial charge in [0.1, 0.15) is 0 Å². The number of carboxylic acid groups (broad SMARTS) is 1. The number of carboxylic acids is 1. The minimum Gasteiger partial charge on any atom is -0.481 e. The average molecular weight is 285 g/mol. The minimum atomic E-state index is -0.833. The third-order valence-electron chi connectivity index (χ3n) is 2.05. The molecule has 3 rings (SSSR count). The molecule has 2 aromatic heterocycles. The largest absolute Gasteiger partial charge is 0.481 e. The number of benzene rings is 1. The van der Waals surface area contributed by atoms with Gasteiger partial charge in [-0.05, 0) is 24.3 Å². The van der Waals surface area contributed by atoms with Crippen LogP contribution in [0, 0.1) is 0 Å². The third kappa shape index (κ3) is 7.22. The van der Waals surface area contributed by atoms with Gasteiger partial charge in [-0.15, -0.1) is 0 Å². The number of carbonyl (C=O) groups is 1. The van der Waals surface area contributed by atoms with E-state index in [1.54, 1.807) is 12.4 Å². The van der Waals surface area contributed by atoms with Crippen LogP contribution in [0.25, 0.3) is 11.0 Å². The average Bonchev–Trinajstić information content (AvgIpc) is 2.49. The van der Waals surface area contributed by atoms with Crippen molar-refractivity contribution in [3.8, 4) is 0 Å². The number of nitrogens with one attached hydrogen (secondary N) is 1. The monoisotopic (exact) mass is 285 g/mol. The molecule has 3 aromatic rings. The van der Waals surface area contributed by atoms with Gasteiger partial charge in [-0.2, -0.15) is 0 Å². The number of fused-ring (bicyclic) bond motifs is 1. The molecule has 0 unspecified atom stereocenters. The van der Waals surface area contributed by atoms with E-state index in [4.69, 9.17) is 9.90 Å². The molecule has 0 atom stereocenters. The fourth-order valence-electron chi connectivity index (χ4n) is 1.30. The Kier molecular flexibility index (Phi) is 6.85. The van der Waals surface area contributed by atoms with E-state index in [0.717, 1.165) is 18.0 Å². The van der Waals surface area contributed by atoms with E-state index in [1.165, 1.54) is 6.20 Å². The number of H-pyrrole nitrogens is 1. The molecule has 2 N–H and O–H groups in total. The number of nitrogens with zero attached hydrogens (tertiary/aromatic N) is 2. The lowest BCUT2D eigenvalue weighted by atomic mass is 10.3. The van der Waals surface area contributed by atoms with Crippen LogP contribution >= 0.6 is 0 Å². The Morgan fingerprint density at radius 1 is 1.10 bits per heavy atom. The van der Waals surface area contributed by atoms with Crippen LogP contribution in [-0.2, 0) is 4.79 Å². The molecular formula is C15H15N3O3. The van der Waals surface area contributed by atoms with E-state index in [2.05, 4.69) is 15.0 Å². The Morgan fingerprint density at radius 2 is 1.71 bits per heavy atom. The summed E-state index contributed by atoms with van der Waals surface area (Å²) in [7, 11) is 0. The smallest absolute Gasteiger partial charge is 0.300 e. The molecule has 21 heavy (non-hydrogen) atoms. The highest BCUT2D eigenvalue weighted by Gasteiger charge is 1.90. The predicted octanol–water partition coefficient (Wildman–Crippen LogP) is 2.10. The zero-order valence-electron chi connectivity index (χ0n) is 11.4. The summed E-state index contributed by atoms with van der Waals surface area (Å²) in [5.41, 5.74) is 1.43. The fraction of sp³-hybridized carbons (Fsp3) is 0.0667. The Hall–Kier alpha value is -3.02. The molecule has 0 amide bonds. The van der Waals surface area contributed by atoms with Gasteiger partial charge in [0.15, 0.2) is 0 Å². The molecule has 0 aliphatic rings. The highest BCUT2D eigenvalue weighted by Crippen LogP contribution is 2.02. The summed E-state index contributed by atoms with van der Waals surface area (Å²) in [6, 6.07) is 13.1. The molecule has 6 heteroatoms. The Morgan fingerprint density at radius 3 is 2.24 bits per heavy atom. The van der Waals surface area contributed by atoms with Crippen LogP contribution in [0.15, 0.2) is 65.8 Å². The Bertz CT molecular complexity index is 696. The number of para-hydroxylation sites is 2.